The van der Waals surface area contributed by atoms with E-state index in [4.69, 9.17) is 4.74 Å². The summed E-state index contributed by atoms with van der Waals surface area (Å²) in [7, 11) is 0. The Balaban J connectivity index is 1.72. The Morgan fingerprint density at radius 3 is 2.50 bits per heavy atom. The van der Waals surface area contributed by atoms with Gasteiger partial charge in [0.1, 0.15) is 6.61 Å². The van der Waals surface area contributed by atoms with Crippen LogP contribution in [0.5, 0.6) is 0 Å². The summed E-state index contributed by atoms with van der Waals surface area (Å²) in [6.07, 6.45) is 2.16. The van der Waals surface area contributed by atoms with E-state index in [0.717, 1.165) is 23.5 Å². The third-order valence-corrected chi connectivity index (χ3v) is 6.69. The van der Waals surface area contributed by atoms with Crippen molar-refractivity contribution in [2.45, 2.75) is 18.4 Å². The minimum Gasteiger partial charge on any atom is -0.456 e. The van der Waals surface area contributed by atoms with Gasteiger partial charge in [0.15, 0.2) is 5.70 Å². The molecular weight excluding hydrogens is 400 g/mol. The number of ether oxygens (including phenoxy) is 1. The Hall–Kier alpha value is -1.98. The number of carbonyl (C=O) groups is 3. The van der Waals surface area contributed by atoms with Crippen LogP contribution in [0, 0.1) is 10.1 Å². The molecule has 26 heavy (non-hydrogen) atoms. The van der Waals surface area contributed by atoms with Crippen molar-refractivity contribution in [1.29, 1.82) is 0 Å². The smallest absolute Gasteiger partial charge is 0.357 e. The monoisotopic (exact) mass is 412 g/mol. The van der Waals surface area contributed by atoms with Gasteiger partial charge >= 0.3 is 5.97 Å². The molecule has 8 nitrogen and oxygen atoms in total. The van der Waals surface area contributed by atoms with Gasteiger partial charge in [-0.3, -0.25) is 24.6 Å². The highest BCUT2D eigenvalue weighted by Gasteiger charge is 2.45. The zero-order chi connectivity index (χ0) is 18.8. The van der Waals surface area contributed by atoms with Crippen molar-refractivity contribution in [1.82, 2.24) is 4.90 Å². The maximum absolute atomic E-state index is 12.5. The number of non-ortho nitro benzene ring substituents is 1. The second-order valence-electron chi connectivity index (χ2n) is 5.25. The number of nitro benzene ring substituents is 1. The minimum absolute atomic E-state index is 0.0577. The van der Waals surface area contributed by atoms with Gasteiger partial charge in [-0.15, -0.1) is 11.8 Å². The van der Waals surface area contributed by atoms with Crippen LogP contribution < -0.4 is 0 Å². The predicted molar refractivity (Wildman–Crippen MR) is 99.3 cm³/mol. The van der Waals surface area contributed by atoms with Crippen molar-refractivity contribution < 1.29 is 24.0 Å². The third-order valence-electron chi connectivity index (χ3n) is 3.67. The van der Waals surface area contributed by atoms with E-state index in [1.54, 1.807) is 0 Å². The maximum Gasteiger partial charge on any atom is 0.357 e. The molecule has 2 aliphatic rings. The summed E-state index contributed by atoms with van der Waals surface area (Å²) in [4.78, 5) is 47.2. The zero-order valence-electron chi connectivity index (χ0n) is 13.4. The Morgan fingerprint density at radius 2 is 2.00 bits per heavy atom. The summed E-state index contributed by atoms with van der Waals surface area (Å²) in [6, 6.07) is 5.63. The number of carbonyl (C=O) groups excluding carboxylic acids is 3. The van der Waals surface area contributed by atoms with Gasteiger partial charge in [0, 0.05) is 12.1 Å². The van der Waals surface area contributed by atoms with E-state index in [0.29, 0.717) is 16.2 Å². The van der Waals surface area contributed by atoms with E-state index in [2.05, 4.69) is 0 Å². The van der Waals surface area contributed by atoms with Gasteiger partial charge in [0.2, 0.25) is 5.91 Å². The SMILES string of the molecule is CSC1CC(=O)N1C(C(=O)OCc1ccc([N+](=O)[O-])cc1)=C1SC(=O)S1. The van der Waals surface area contributed by atoms with Crippen LogP contribution in [0.1, 0.15) is 12.0 Å². The molecule has 1 amide bonds. The fourth-order valence-electron chi connectivity index (χ4n) is 2.31. The van der Waals surface area contributed by atoms with Crippen molar-refractivity contribution in [2.24, 2.45) is 0 Å². The molecule has 2 fully saturated rings. The van der Waals surface area contributed by atoms with Gasteiger partial charge in [-0.1, -0.05) is 0 Å². The van der Waals surface area contributed by atoms with E-state index in [1.807, 2.05) is 6.26 Å². The normalized spacial score (nSPS) is 18.9. The molecule has 0 radical (unpaired) electrons. The average molecular weight is 412 g/mol. The largest absolute Gasteiger partial charge is 0.456 e. The van der Waals surface area contributed by atoms with Crippen molar-refractivity contribution in [3.63, 3.8) is 0 Å². The summed E-state index contributed by atoms with van der Waals surface area (Å²) < 4.78 is 5.58. The van der Waals surface area contributed by atoms with Crippen LogP contribution in [0.3, 0.4) is 0 Å². The third kappa shape index (κ3) is 3.74. The number of likely N-dealkylation sites (tertiary alicyclic amines) is 1. The highest BCUT2D eigenvalue weighted by atomic mass is 32.3. The van der Waals surface area contributed by atoms with E-state index in [1.165, 1.54) is 40.9 Å². The van der Waals surface area contributed by atoms with E-state index >= 15 is 0 Å². The molecule has 0 spiro atoms. The lowest BCUT2D eigenvalue weighted by Gasteiger charge is -2.40. The Kier molecular flexibility index (Phi) is 5.58. The lowest BCUT2D eigenvalue weighted by atomic mass is 10.2. The summed E-state index contributed by atoms with van der Waals surface area (Å²) in [5.41, 5.74) is 0.615. The van der Waals surface area contributed by atoms with E-state index in [9.17, 15) is 24.5 Å². The molecule has 0 aromatic heterocycles. The first-order valence-electron chi connectivity index (χ1n) is 7.30. The van der Waals surface area contributed by atoms with Crippen LogP contribution in [-0.4, -0.2) is 37.8 Å². The quantitative estimate of drug-likeness (QED) is 0.229. The number of nitrogens with zero attached hydrogens (tertiary/aromatic N) is 2. The average Bonchev–Trinajstić information content (AvgIpc) is 2.59. The van der Waals surface area contributed by atoms with Gasteiger partial charge in [0.25, 0.3) is 10.1 Å². The van der Waals surface area contributed by atoms with Gasteiger partial charge in [-0.25, -0.2) is 4.79 Å². The molecule has 1 aromatic rings. The molecule has 0 bridgehead atoms. The number of β-lactam (4-membered cyclic amide) rings is 1. The molecule has 1 aromatic carbocycles. The molecule has 0 saturated carbocycles. The molecule has 2 aliphatic heterocycles. The summed E-state index contributed by atoms with van der Waals surface area (Å²) in [6.45, 7) is -0.0944. The molecule has 2 heterocycles. The molecule has 1 unspecified atom stereocenters. The predicted octanol–water partition coefficient (Wildman–Crippen LogP) is 3.33. The first kappa shape index (κ1) is 18.8. The Labute approximate surface area is 160 Å². The number of hydrogen-bond donors (Lipinski definition) is 0. The van der Waals surface area contributed by atoms with Crippen molar-refractivity contribution in [3.05, 3.63) is 49.9 Å². The van der Waals surface area contributed by atoms with Crippen molar-refractivity contribution in [3.8, 4) is 0 Å². The summed E-state index contributed by atoms with van der Waals surface area (Å²) in [5.74, 6) is -0.891. The molecule has 0 aliphatic carbocycles. The molecular formula is C15H12N2O6S3. The second-order valence-corrected chi connectivity index (χ2v) is 8.75. The molecule has 1 atom stereocenters. The van der Waals surface area contributed by atoms with Crippen LogP contribution >= 0.6 is 35.3 Å². The van der Waals surface area contributed by atoms with Gasteiger partial charge in [-0.05, 0) is 47.5 Å². The number of rotatable bonds is 6. The van der Waals surface area contributed by atoms with Crippen molar-refractivity contribution >= 4 is 57.3 Å². The molecule has 11 heteroatoms. The Bertz CT molecular complexity index is 813. The second kappa shape index (κ2) is 7.72. The number of amides is 1. The van der Waals surface area contributed by atoms with Crippen LogP contribution in [0.25, 0.3) is 0 Å². The van der Waals surface area contributed by atoms with Crippen LogP contribution in [0.4, 0.5) is 10.5 Å². The van der Waals surface area contributed by atoms with E-state index in [-0.39, 0.29) is 33.7 Å². The molecule has 0 N–H and O–H groups in total. The van der Waals surface area contributed by atoms with Gasteiger partial charge < -0.3 is 4.74 Å². The summed E-state index contributed by atoms with van der Waals surface area (Å²) >= 11 is 3.25. The first-order valence-corrected chi connectivity index (χ1v) is 10.2. The minimum atomic E-state index is -0.696. The number of hydrogen-bond acceptors (Lipinski definition) is 9. The Morgan fingerprint density at radius 1 is 1.35 bits per heavy atom. The molecule has 136 valence electrons. The summed E-state index contributed by atoms with van der Waals surface area (Å²) in [5, 5.41) is 10.5. The van der Waals surface area contributed by atoms with Crippen LogP contribution in [-0.2, 0) is 20.9 Å². The molecule has 3 rings (SSSR count). The maximum atomic E-state index is 12.5. The lowest BCUT2D eigenvalue weighted by Crippen LogP contribution is -2.52. The van der Waals surface area contributed by atoms with Crippen molar-refractivity contribution in [2.75, 3.05) is 6.26 Å². The van der Waals surface area contributed by atoms with Gasteiger partial charge in [-0.2, -0.15) is 0 Å². The number of nitro groups is 1. The topological polar surface area (TPSA) is 107 Å². The molecule has 2 saturated heterocycles. The standard InChI is InChI=1S/C15H12N2O6S3/c1-24-11-6-10(18)16(11)12(14-25-15(20)26-14)13(19)23-7-8-2-4-9(5-3-8)17(21)22/h2-5,11H,6-7H2,1H3. The number of esters is 1. The van der Waals surface area contributed by atoms with Gasteiger partial charge in [0.05, 0.1) is 21.0 Å². The fraction of sp³-hybridized carbons (Fsp3) is 0.267. The lowest BCUT2D eigenvalue weighted by molar-refractivity contribution is -0.384. The van der Waals surface area contributed by atoms with Crippen LogP contribution in [0.15, 0.2) is 34.2 Å². The highest BCUT2D eigenvalue weighted by Crippen LogP contribution is 2.50. The first-order chi connectivity index (χ1) is 12.4. The number of benzene rings is 1. The number of thioether (sulfide) groups is 3. The highest BCUT2D eigenvalue weighted by molar-refractivity contribution is 8.57. The van der Waals surface area contributed by atoms with E-state index < -0.39 is 10.9 Å². The fourth-order valence-corrected chi connectivity index (χ4v) is 4.63. The van der Waals surface area contributed by atoms with Crippen LogP contribution in [0.2, 0.25) is 0 Å². The zero-order valence-corrected chi connectivity index (χ0v) is 15.8.